The van der Waals surface area contributed by atoms with Gasteiger partial charge in [-0.1, -0.05) is 25.1 Å². The van der Waals surface area contributed by atoms with Crippen molar-refractivity contribution in [2.75, 3.05) is 29.7 Å². The molecule has 0 aliphatic rings. The first-order valence-electron chi connectivity index (χ1n) is 5.65. The Morgan fingerprint density at radius 3 is 2.35 bits per heavy atom. The number of benzene rings is 1. The molecule has 0 saturated heterocycles. The molecule has 1 rings (SSSR count). The van der Waals surface area contributed by atoms with Crippen molar-refractivity contribution in [1.82, 2.24) is 0 Å². The van der Waals surface area contributed by atoms with E-state index < -0.39 is 0 Å². The average Bonchev–Trinajstić information content (AvgIpc) is 2.37. The number of carbonyl (C=O) groups excluding carboxylic acids is 1. The van der Waals surface area contributed by atoms with Crippen LogP contribution in [0.1, 0.15) is 18.4 Å². The smallest absolute Gasteiger partial charge is 0.127 e. The number of nitrogens with zero attached hydrogens (tertiary/aromatic N) is 1. The lowest BCUT2D eigenvalue weighted by Gasteiger charge is -2.26. The molecular formula is C13H17Cl2NO. The van der Waals surface area contributed by atoms with Gasteiger partial charge in [0.1, 0.15) is 6.29 Å². The predicted octanol–water partition coefficient (Wildman–Crippen LogP) is 3.27. The van der Waals surface area contributed by atoms with Crippen LogP contribution in [0, 0.1) is 0 Å². The Morgan fingerprint density at radius 1 is 1.24 bits per heavy atom. The molecule has 0 fully saturated rings. The third-order valence-corrected chi connectivity index (χ3v) is 3.02. The van der Waals surface area contributed by atoms with Crippen LogP contribution in [0.4, 0.5) is 5.69 Å². The van der Waals surface area contributed by atoms with Crippen molar-refractivity contribution < 1.29 is 4.79 Å². The van der Waals surface area contributed by atoms with E-state index in [1.165, 1.54) is 0 Å². The van der Waals surface area contributed by atoms with Crippen LogP contribution in [0.3, 0.4) is 0 Å². The maximum Gasteiger partial charge on any atom is 0.127 e. The van der Waals surface area contributed by atoms with Gasteiger partial charge < -0.3 is 9.69 Å². The fraction of sp³-hybridized carbons (Fsp3) is 0.462. The maximum atomic E-state index is 10.9. The lowest BCUT2D eigenvalue weighted by atomic mass is 10.00. The highest BCUT2D eigenvalue weighted by molar-refractivity contribution is 6.18. The second-order valence-corrected chi connectivity index (χ2v) is 4.60. The molecule has 4 heteroatoms. The van der Waals surface area contributed by atoms with E-state index >= 15 is 0 Å². The van der Waals surface area contributed by atoms with E-state index in [1.807, 2.05) is 31.2 Å². The summed E-state index contributed by atoms with van der Waals surface area (Å²) >= 11 is 11.6. The van der Waals surface area contributed by atoms with Crippen LogP contribution in [-0.2, 0) is 4.79 Å². The topological polar surface area (TPSA) is 20.3 Å². The Morgan fingerprint density at radius 2 is 1.82 bits per heavy atom. The van der Waals surface area contributed by atoms with Crippen LogP contribution in [0.5, 0.6) is 0 Å². The molecule has 0 saturated carbocycles. The van der Waals surface area contributed by atoms with E-state index in [-0.39, 0.29) is 5.92 Å². The van der Waals surface area contributed by atoms with E-state index in [2.05, 4.69) is 4.90 Å². The zero-order valence-electron chi connectivity index (χ0n) is 9.90. The number of para-hydroxylation sites is 1. The van der Waals surface area contributed by atoms with Crippen molar-refractivity contribution in [3.8, 4) is 0 Å². The van der Waals surface area contributed by atoms with Gasteiger partial charge in [-0.15, -0.1) is 23.2 Å². The Balaban J connectivity index is 3.03. The van der Waals surface area contributed by atoms with Gasteiger partial charge in [-0.25, -0.2) is 0 Å². The van der Waals surface area contributed by atoms with Crippen molar-refractivity contribution in [3.63, 3.8) is 0 Å². The zero-order valence-corrected chi connectivity index (χ0v) is 11.4. The first-order chi connectivity index (χ1) is 8.24. The highest BCUT2D eigenvalue weighted by Gasteiger charge is 2.14. The molecule has 0 heterocycles. The summed E-state index contributed by atoms with van der Waals surface area (Å²) in [4.78, 5) is 13.0. The number of hydrogen-bond acceptors (Lipinski definition) is 2. The van der Waals surface area contributed by atoms with E-state index in [1.54, 1.807) is 0 Å². The Hall–Kier alpha value is -0.730. The van der Waals surface area contributed by atoms with Crippen LogP contribution in [0.2, 0.25) is 0 Å². The number of hydrogen-bond donors (Lipinski definition) is 0. The summed E-state index contributed by atoms with van der Waals surface area (Å²) in [5.41, 5.74) is 2.08. The zero-order chi connectivity index (χ0) is 12.7. The summed E-state index contributed by atoms with van der Waals surface area (Å²) in [6.07, 6.45) is 0.957. The third kappa shape index (κ3) is 3.90. The largest absolute Gasteiger partial charge is 0.369 e. The van der Waals surface area contributed by atoms with Gasteiger partial charge in [0.25, 0.3) is 0 Å². The fourth-order valence-electron chi connectivity index (χ4n) is 1.79. The predicted molar refractivity (Wildman–Crippen MR) is 74.6 cm³/mol. The normalized spacial score (nSPS) is 12.2. The number of rotatable bonds is 7. The molecule has 1 aromatic rings. The number of halogens is 2. The van der Waals surface area contributed by atoms with Crippen LogP contribution < -0.4 is 4.90 Å². The summed E-state index contributed by atoms with van der Waals surface area (Å²) < 4.78 is 0. The van der Waals surface area contributed by atoms with Crippen LogP contribution in [-0.4, -0.2) is 31.1 Å². The first-order valence-corrected chi connectivity index (χ1v) is 6.72. The number of alkyl halides is 2. The summed E-state index contributed by atoms with van der Waals surface area (Å²) in [5, 5.41) is 0. The lowest BCUT2D eigenvalue weighted by molar-refractivity contribution is -0.108. The van der Waals surface area contributed by atoms with Crippen molar-refractivity contribution >= 4 is 35.2 Å². The van der Waals surface area contributed by atoms with Gasteiger partial charge >= 0.3 is 0 Å². The number of carbonyl (C=O) groups is 1. The van der Waals surface area contributed by atoms with Crippen LogP contribution in [0.25, 0.3) is 0 Å². The van der Waals surface area contributed by atoms with Crippen molar-refractivity contribution in [2.24, 2.45) is 0 Å². The number of anilines is 1. The third-order valence-electron chi connectivity index (χ3n) is 2.68. The standard InChI is InChI=1S/C13H17Cl2NO/c1-11(10-17)12-4-2-3-5-13(12)16(8-6-14)9-7-15/h2-5,10-11H,6-9H2,1H3. The van der Waals surface area contributed by atoms with E-state index in [9.17, 15) is 4.79 Å². The quantitative estimate of drug-likeness (QED) is 0.562. The highest BCUT2D eigenvalue weighted by Crippen LogP contribution is 2.26. The fourth-order valence-corrected chi connectivity index (χ4v) is 2.20. The minimum absolute atomic E-state index is 0.112. The molecule has 1 unspecified atom stereocenters. The molecule has 17 heavy (non-hydrogen) atoms. The van der Waals surface area contributed by atoms with Crippen molar-refractivity contribution in [1.29, 1.82) is 0 Å². The minimum atomic E-state index is -0.112. The Kier molecular flexibility index (Phi) is 6.38. The van der Waals surface area contributed by atoms with Gasteiger partial charge in [0.15, 0.2) is 0 Å². The second kappa shape index (κ2) is 7.57. The average molecular weight is 274 g/mol. The van der Waals surface area contributed by atoms with Gasteiger partial charge in [-0.2, -0.15) is 0 Å². The molecule has 0 bridgehead atoms. The second-order valence-electron chi connectivity index (χ2n) is 3.85. The lowest BCUT2D eigenvalue weighted by Crippen LogP contribution is -2.28. The van der Waals surface area contributed by atoms with Gasteiger partial charge in [-0.05, 0) is 11.6 Å². The van der Waals surface area contributed by atoms with Crippen molar-refractivity contribution in [3.05, 3.63) is 29.8 Å². The summed E-state index contributed by atoms with van der Waals surface area (Å²) in [7, 11) is 0. The molecular weight excluding hydrogens is 257 g/mol. The van der Waals surface area contributed by atoms with Crippen molar-refractivity contribution in [2.45, 2.75) is 12.8 Å². The molecule has 0 radical (unpaired) electrons. The van der Waals surface area contributed by atoms with E-state index in [0.29, 0.717) is 11.8 Å². The van der Waals surface area contributed by atoms with Crippen LogP contribution >= 0.6 is 23.2 Å². The molecule has 94 valence electrons. The summed E-state index contributed by atoms with van der Waals surface area (Å²) in [6.45, 7) is 3.36. The molecule has 0 aliphatic carbocycles. The van der Waals surface area contributed by atoms with Gasteiger partial charge in [0, 0.05) is 36.5 Å². The monoisotopic (exact) mass is 273 g/mol. The molecule has 0 amide bonds. The molecule has 0 N–H and O–H groups in total. The molecule has 2 nitrogen and oxygen atoms in total. The van der Waals surface area contributed by atoms with Gasteiger partial charge in [-0.3, -0.25) is 0 Å². The van der Waals surface area contributed by atoms with E-state index in [0.717, 1.165) is 30.6 Å². The minimum Gasteiger partial charge on any atom is -0.369 e. The molecule has 0 aliphatic heterocycles. The maximum absolute atomic E-state index is 10.9. The van der Waals surface area contributed by atoms with Crippen LogP contribution in [0.15, 0.2) is 24.3 Å². The Bertz CT molecular complexity index is 351. The molecule has 0 spiro atoms. The molecule has 0 aromatic heterocycles. The SMILES string of the molecule is CC(C=O)c1ccccc1N(CCCl)CCCl. The number of aldehydes is 1. The molecule has 1 aromatic carbocycles. The Labute approximate surface area is 113 Å². The van der Waals surface area contributed by atoms with Gasteiger partial charge in [0.05, 0.1) is 0 Å². The first kappa shape index (κ1) is 14.3. The summed E-state index contributed by atoms with van der Waals surface area (Å²) in [5.74, 6) is 0.973. The van der Waals surface area contributed by atoms with E-state index in [4.69, 9.17) is 23.2 Å². The summed E-state index contributed by atoms with van der Waals surface area (Å²) in [6, 6.07) is 7.89. The highest BCUT2D eigenvalue weighted by atomic mass is 35.5. The van der Waals surface area contributed by atoms with Gasteiger partial charge in [0.2, 0.25) is 0 Å². The molecule has 1 atom stereocenters.